The SMILES string of the molecule is COc1cc(OC)c(C=Nn2c(-c3cc4cc(Br)ccc4o3)nc3ccccc3c2=O)cc1Br. The molecule has 9 heteroatoms. The van der Waals surface area contributed by atoms with Gasteiger partial charge in [0, 0.05) is 21.5 Å². The summed E-state index contributed by atoms with van der Waals surface area (Å²) in [5.41, 5.74) is 1.57. The first-order chi connectivity index (χ1) is 16.5. The molecule has 0 atom stereocenters. The van der Waals surface area contributed by atoms with Crippen LogP contribution in [-0.2, 0) is 0 Å². The molecule has 0 aliphatic carbocycles. The molecule has 34 heavy (non-hydrogen) atoms. The van der Waals surface area contributed by atoms with Gasteiger partial charge >= 0.3 is 0 Å². The van der Waals surface area contributed by atoms with E-state index in [4.69, 9.17) is 18.9 Å². The minimum atomic E-state index is -0.315. The number of aromatic nitrogens is 2. The smallest absolute Gasteiger partial charge is 0.282 e. The minimum absolute atomic E-state index is 0.291. The van der Waals surface area contributed by atoms with Gasteiger partial charge in [0.15, 0.2) is 5.76 Å². The Morgan fingerprint density at radius 2 is 1.79 bits per heavy atom. The van der Waals surface area contributed by atoms with E-state index in [0.29, 0.717) is 45.1 Å². The van der Waals surface area contributed by atoms with E-state index in [9.17, 15) is 4.79 Å². The number of hydrogen-bond donors (Lipinski definition) is 0. The molecule has 0 radical (unpaired) electrons. The topological polar surface area (TPSA) is 78.8 Å². The number of hydrogen-bond acceptors (Lipinski definition) is 6. The van der Waals surface area contributed by atoms with Gasteiger partial charge < -0.3 is 13.9 Å². The second-order valence-electron chi connectivity index (χ2n) is 7.34. The summed E-state index contributed by atoms with van der Waals surface area (Å²) in [5, 5.41) is 5.83. The number of methoxy groups -OCH3 is 2. The normalized spacial score (nSPS) is 11.5. The summed E-state index contributed by atoms with van der Waals surface area (Å²) in [6, 6.07) is 18.2. The van der Waals surface area contributed by atoms with Gasteiger partial charge in [-0.3, -0.25) is 4.79 Å². The Morgan fingerprint density at radius 3 is 2.59 bits per heavy atom. The standard InChI is InChI=1S/C25H17Br2N3O4/c1-32-21-12-22(33-2)18(27)10-15(21)13-28-30-24(29-19-6-4-3-5-17(19)25(30)31)23-11-14-9-16(26)7-8-20(14)34-23/h3-13H,1-2H3. The van der Waals surface area contributed by atoms with Crippen molar-refractivity contribution in [1.82, 2.24) is 9.66 Å². The zero-order valence-corrected chi connectivity index (χ0v) is 21.3. The number of nitrogens with zero attached hydrogens (tertiary/aromatic N) is 3. The van der Waals surface area contributed by atoms with Crippen LogP contribution in [0.3, 0.4) is 0 Å². The van der Waals surface area contributed by atoms with E-state index in [1.54, 1.807) is 50.8 Å². The Balaban J connectivity index is 1.72. The predicted molar refractivity (Wildman–Crippen MR) is 139 cm³/mol. The van der Waals surface area contributed by atoms with Crippen LogP contribution in [0.2, 0.25) is 0 Å². The van der Waals surface area contributed by atoms with Crippen LogP contribution in [0.15, 0.2) is 83.9 Å². The number of benzene rings is 3. The van der Waals surface area contributed by atoms with Crippen molar-refractivity contribution < 1.29 is 13.9 Å². The van der Waals surface area contributed by atoms with Gasteiger partial charge in [-0.1, -0.05) is 28.1 Å². The number of furan rings is 1. The minimum Gasteiger partial charge on any atom is -0.496 e. The molecular formula is C25H17Br2N3O4. The summed E-state index contributed by atoms with van der Waals surface area (Å²) >= 11 is 6.95. The molecule has 5 rings (SSSR count). The van der Waals surface area contributed by atoms with E-state index in [1.165, 1.54) is 4.68 Å². The Kier molecular flexibility index (Phi) is 5.97. The molecule has 0 bridgehead atoms. The summed E-state index contributed by atoms with van der Waals surface area (Å²) in [5.74, 6) is 1.88. The van der Waals surface area contributed by atoms with Crippen LogP contribution in [0.1, 0.15) is 5.56 Å². The molecule has 0 saturated carbocycles. The molecule has 0 spiro atoms. The maximum atomic E-state index is 13.4. The van der Waals surface area contributed by atoms with E-state index < -0.39 is 0 Å². The molecule has 0 aliphatic heterocycles. The first kappa shape index (κ1) is 22.4. The molecule has 0 unspecified atom stereocenters. The Labute approximate surface area is 210 Å². The molecule has 2 heterocycles. The van der Waals surface area contributed by atoms with Gasteiger partial charge in [-0.05, 0) is 58.4 Å². The third-order valence-corrected chi connectivity index (χ3v) is 6.38. The van der Waals surface area contributed by atoms with Gasteiger partial charge in [0.25, 0.3) is 5.56 Å². The average Bonchev–Trinajstić information content (AvgIpc) is 3.26. The van der Waals surface area contributed by atoms with Crippen molar-refractivity contribution in [1.29, 1.82) is 0 Å². The van der Waals surface area contributed by atoms with E-state index in [0.717, 1.165) is 14.3 Å². The van der Waals surface area contributed by atoms with E-state index >= 15 is 0 Å². The first-order valence-corrected chi connectivity index (χ1v) is 11.7. The summed E-state index contributed by atoms with van der Waals surface area (Å²) < 4.78 is 19.7. The fraction of sp³-hybridized carbons (Fsp3) is 0.0800. The molecule has 0 saturated heterocycles. The third-order valence-electron chi connectivity index (χ3n) is 5.27. The highest BCUT2D eigenvalue weighted by molar-refractivity contribution is 9.10. The molecular weight excluding hydrogens is 566 g/mol. The van der Waals surface area contributed by atoms with Gasteiger partial charge in [-0.25, -0.2) is 4.98 Å². The maximum Gasteiger partial charge on any atom is 0.282 e. The fourth-order valence-corrected chi connectivity index (χ4v) is 4.52. The molecule has 0 amide bonds. The number of fused-ring (bicyclic) bond motifs is 2. The lowest BCUT2D eigenvalue weighted by Gasteiger charge is -2.10. The van der Waals surface area contributed by atoms with Gasteiger partial charge in [0.05, 0.1) is 35.8 Å². The van der Waals surface area contributed by atoms with Crippen LogP contribution >= 0.6 is 31.9 Å². The molecule has 0 aliphatic rings. The monoisotopic (exact) mass is 581 g/mol. The highest BCUT2D eigenvalue weighted by atomic mass is 79.9. The van der Waals surface area contributed by atoms with Crippen LogP contribution in [0.4, 0.5) is 0 Å². The summed E-state index contributed by atoms with van der Waals surface area (Å²) in [7, 11) is 3.13. The number of para-hydroxylation sites is 1. The predicted octanol–water partition coefficient (Wildman–Crippen LogP) is 6.23. The van der Waals surface area contributed by atoms with Crippen molar-refractivity contribution in [2.45, 2.75) is 0 Å². The van der Waals surface area contributed by atoms with Crippen LogP contribution in [0.5, 0.6) is 11.5 Å². The van der Waals surface area contributed by atoms with Gasteiger partial charge in [0.2, 0.25) is 5.82 Å². The largest absolute Gasteiger partial charge is 0.496 e. The molecule has 7 nitrogen and oxygen atoms in total. The highest BCUT2D eigenvalue weighted by Crippen LogP contribution is 2.32. The zero-order chi connectivity index (χ0) is 23.8. The Hall–Kier alpha value is -3.43. The van der Waals surface area contributed by atoms with Gasteiger partial charge in [0.1, 0.15) is 17.1 Å². The lowest BCUT2D eigenvalue weighted by atomic mass is 10.2. The van der Waals surface area contributed by atoms with E-state index in [-0.39, 0.29) is 5.56 Å². The quantitative estimate of drug-likeness (QED) is 0.229. The number of halogens is 2. The lowest BCUT2D eigenvalue weighted by Crippen LogP contribution is -2.20. The van der Waals surface area contributed by atoms with Crippen molar-refractivity contribution in [3.63, 3.8) is 0 Å². The first-order valence-electron chi connectivity index (χ1n) is 10.2. The second-order valence-corrected chi connectivity index (χ2v) is 9.11. The molecule has 0 fully saturated rings. The van der Waals surface area contributed by atoms with Crippen molar-refractivity contribution >= 4 is 59.9 Å². The summed E-state index contributed by atoms with van der Waals surface area (Å²) in [6.45, 7) is 0. The molecule has 170 valence electrons. The zero-order valence-electron chi connectivity index (χ0n) is 18.1. The van der Waals surface area contributed by atoms with Gasteiger partial charge in [-0.2, -0.15) is 9.78 Å². The van der Waals surface area contributed by atoms with Crippen molar-refractivity contribution in [2.24, 2.45) is 5.10 Å². The van der Waals surface area contributed by atoms with Crippen molar-refractivity contribution in [3.8, 4) is 23.1 Å². The summed E-state index contributed by atoms with van der Waals surface area (Å²) in [4.78, 5) is 18.1. The number of rotatable bonds is 5. The molecule has 5 aromatic rings. The van der Waals surface area contributed by atoms with Gasteiger partial charge in [-0.15, -0.1) is 0 Å². The van der Waals surface area contributed by atoms with Crippen LogP contribution in [-0.4, -0.2) is 30.1 Å². The van der Waals surface area contributed by atoms with E-state index in [1.807, 2.05) is 30.3 Å². The van der Waals surface area contributed by atoms with Crippen molar-refractivity contribution in [2.75, 3.05) is 14.2 Å². The fourth-order valence-electron chi connectivity index (χ4n) is 3.62. The van der Waals surface area contributed by atoms with Crippen LogP contribution < -0.4 is 15.0 Å². The van der Waals surface area contributed by atoms with E-state index in [2.05, 4.69) is 37.0 Å². The lowest BCUT2D eigenvalue weighted by molar-refractivity contribution is 0.392. The van der Waals surface area contributed by atoms with Crippen molar-refractivity contribution in [3.05, 3.63) is 85.5 Å². The highest BCUT2D eigenvalue weighted by Gasteiger charge is 2.17. The number of ether oxygens (including phenoxy) is 2. The van der Waals surface area contributed by atoms with Crippen LogP contribution in [0.25, 0.3) is 33.5 Å². The second kappa shape index (κ2) is 9.08. The molecule has 3 aromatic carbocycles. The molecule has 2 aromatic heterocycles. The molecule has 0 N–H and O–H groups in total. The summed E-state index contributed by atoms with van der Waals surface area (Å²) in [6.07, 6.45) is 1.55. The average molecular weight is 583 g/mol. The van der Waals surface area contributed by atoms with Crippen LogP contribution in [0, 0.1) is 0 Å². The maximum absolute atomic E-state index is 13.4. The Bertz CT molecular complexity index is 1640. The Morgan fingerprint density at radius 1 is 1.00 bits per heavy atom. The third kappa shape index (κ3) is 4.01.